The lowest BCUT2D eigenvalue weighted by Crippen LogP contribution is -2.31. The van der Waals surface area contributed by atoms with Crippen molar-refractivity contribution in [2.45, 2.75) is 12.5 Å². The van der Waals surface area contributed by atoms with E-state index in [9.17, 15) is 4.79 Å². The van der Waals surface area contributed by atoms with Gasteiger partial charge in [-0.15, -0.1) is 0 Å². The Morgan fingerprint density at radius 2 is 1.85 bits per heavy atom. The molecule has 1 aromatic carbocycles. The van der Waals surface area contributed by atoms with E-state index in [0.717, 1.165) is 6.42 Å². The highest BCUT2D eigenvalue weighted by molar-refractivity contribution is 5.95. The van der Waals surface area contributed by atoms with Gasteiger partial charge in [0.15, 0.2) is 11.5 Å². The molecule has 1 aliphatic rings. The molecule has 0 aliphatic carbocycles. The number of ether oxygens (including phenoxy) is 4. The van der Waals surface area contributed by atoms with Crippen molar-refractivity contribution in [1.29, 1.82) is 0 Å². The van der Waals surface area contributed by atoms with E-state index in [0.29, 0.717) is 41.8 Å². The van der Waals surface area contributed by atoms with Gasteiger partial charge < -0.3 is 23.8 Å². The Labute approximate surface area is 152 Å². The van der Waals surface area contributed by atoms with Gasteiger partial charge in [0.1, 0.15) is 6.10 Å². The lowest BCUT2D eigenvalue weighted by atomic mass is 10.1. The van der Waals surface area contributed by atoms with Gasteiger partial charge in [-0.1, -0.05) is 6.07 Å². The summed E-state index contributed by atoms with van der Waals surface area (Å²) < 4.78 is 21.8. The van der Waals surface area contributed by atoms with Gasteiger partial charge in [-0.3, -0.25) is 4.79 Å². The number of nitrogens with zero attached hydrogens (tertiary/aromatic N) is 2. The number of likely N-dealkylation sites (tertiary alicyclic amines) is 1. The minimum Gasteiger partial charge on any atom is -0.493 e. The largest absolute Gasteiger partial charge is 0.493 e. The molecule has 2 heterocycles. The van der Waals surface area contributed by atoms with Gasteiger partial charge in [0.2, 0.25) is 11.6 Å². The molecule has 0 saturated carbocycles. The Hall–Kier alpha value is -2.96. The van der Waals surface area contributed by atoms with Crippen LogP contribution >= 0.6 is 0 Å². The van der Waals surface area contributed by atoms with E-state index in [1.54, 1.807) is 23.2 Å². The van der Waals surface area contributed by atoms with Crippen LogP contribution in [0, 0.1) is 0 Å². The number of pyridine rings is 1. The van der Waals surface area contributed by atoms with E-state index in [1.807, 2.05) is 18.2 Å². The van der Waals surface area contributed by atoms with Crippen LogP contribution in [0.1, 0.15) is 16.8 Å². The first-order valence-electron chi connectivity index (χ1n) is 8.33. The number of hydrogen-bond donors (Lipinski definition) is 0. The van der Waals surface area contributed by atoms with Crippen LogP contribution in [0.3, 0.4) is 0 Å². The number of aromatic nitrogens is 1. The van der Waals surface area contributed by atoms with Crippen molar-refractivity contribution in [3.05, 3.63) is 42.1 Å². The third kappa shape index (κ3) is 3.66. The summed E-state index contributed by atoms with van der Waals surface area (Å²) in [7, 11) is 4.58. The van der Waals surface area contributed by atoms with Gasteiger partial charge in [-0.2, -0.15) is 0 Å². The van der Waals surface area contributed by atoms with Crippen molar-refractivity contribution < 1.29 is 23.7 Å². The highest BCUT2D eigenvalue weighted by Crippen LogP contribution is 2.38. The summed E-state index contributed by atoms with van der Waals surface area (Å²) in [5.41, 5.74) is 0.484. The Morgan fingerprint density at radius 1 is 1.12 bits per heavy atom. The van der Waals surface area contributed by atoms with E-state index in [-0.39, 0.29) is 12.0 Å². The summed E-state index contributed by atoms with van der Waals surface area (Å²) in [4.78, 5) is 18.8. The van der Waals surface area contributed by atoms with E-state index in [1.165, 1.54) is 21.3 Å². The maximum Gasteiger partial charge on any atom is 0.254 e. The fourth-order valence-corrected chi connectivity index (χ4v) is 2.98. The third-order valence-corrected chi connectivity index (χ3v) is 4.27. The number of carbonyl (C=O) groups is 1. The average Bonchev–Trinajstić information content (AvgIpc) is 3.15. The predicted octanol–water partition coefficient (Wildman–Crippen LogP) is 2.40. The fourth-order valence-electron chi connectivity index (χ4n) is 2.98. The first-order chi connectivity index (χ1) is 12.7. The molecule has 7 heteroatoms. The Bertz CT molecular complexity index is 741. The molecule has 1 fully saturated rings. The smallest absolute Gasteiger partial charge is 0.254 e. The topological polar surface area (TPSA) is 70.1 Å². The number of carbonyl (C=O) groups excluding carboxylic acids is 1. The van der Waals surface area contributed by atoms with Gasteiger partial charge >= 0.3 is 0 Å². The standard InChI is InChI=1S/C19H22N2O5/c1-23-15-10-13(11-16(24-2)18(15)25-3)19(22)21-9-7-14(12-21)26-17-6-4-5-8-20-17/h4-6,8,10-11,14H,7,9,12H2,1-3H3. The van der Waals surface area contributed by atoms with Crippen LogP contribution in [0.15, 0.2) is 36.5 Å². The Kier molecular flexibility index (Phi) is 5.46. The highest BCUT2D eigenvalue weighted by Gasteiger charge is 2.29. The molecule has 1 unspecified atom stereocenters. The summed E-state index contributed by atoms with van der Waals surface area (Å²) in [6, 6.07) is 8.84. The lowest BCUT2D eigenvalue weighted by Gasteiger charge is -2.19. The first-order valence-corrected chi connectivity index (χ1v) is 8.33. The second kappa shape index (κ2) is 7.95. The van der Waals surface area contributed by atoms with E-state index in [2.05, 4.69) is 4.98 Å². The Morgan fingerprint density at radius 3 is 2.42 bits per heavy atom. The van der Waals surface area contributed by atoms with E-state index in [4.69, 9.17) is 18.9 Å². The van der Waals surface area contributed by atoms with Crippen molar-refractivity contribution in [3.8, 4) is 23.1 Å². The first kappa shape index (κ1) is 17.8. The van der Waals surface area contributed by atoms with Crippen LogP contribution in [-0.2, 0) is 0 Å². The highest BCUT2D eigenvalue weighted by atomic mass is 16.5. The van der Waals surface area contributed by atoms with Gasteiger partial charge in [-0.25, -0.2) is 4.98 Å². The minimum absolute atomic E-state index is 0.0733. The van der Waals surface area contributed by atoms with Crippen molar-refractivity contribution in [2.24, 2.45) is 0 Å². The molecular weight excluding hydrogens is 336 g/mol. The van der Waals surface area contributed by atoms with Crippen molar-refractivity contribution in [3.63, 3.8) is 0 Å². The molecule has 7 nitrogen and oxygen atoms in total. The number of hydrogen-bond acceptors (Lipinski definition) is 6. The second-order valence-corrected chi connectivity index (χ2v) is 5.86. The Balaban J connectivity index is 1.73. The van der Waals surface area contributed by atoms with Crippen LogP contribution in [0.5, 0.6) is 23.1 Å². The van der Waals surface area contributed by atoms with E-state index < -0.39 is 0 Å². The molecule has 1 aliphatic heterocycles. The minimum atomic E-state index is -0.101. The molecule has 1 atom stereocenters. The van der Waals surface area contributed by atoms with Gasteiger partial charge in [-0.05, 0) is 18.2 Å². The van der Waals surface area contributed by atoms with Gasteiger partial charge in [0.25, 0.3) is 5.91 Å². The molecular formula is C19H22N2O5. The fraction of sp³-hybridized carbons (Fsp3) is 0.368. The number of methoxy groups -OCH3 is 3. The van der Waals surface area contributed by atoms with Crippen molar-refractivity contribution >= 4 is 5.91 Å². The SMILES string of the molecule is COc1cc(C(=O)N2CCC(Oc3ccccn3)C2)cc(OC)c1OC. The second-order valence-electron chi connectivity index (χ2n) is 5.86. The lowest BCUT2D eigenvalue weighted by molar-refractivity contribution is 0.0770. The molecule has 0 radical (unpaired) electrons. The molecule has 26 heavy (non-hydrogen) atoms. The average molecular weight is 358 g/mol. The van der Waals surface area contributed by atoms with Crippen LogP contribution in [0.2, 0.25) is 0 Å². The van der Waals surface area contributed by atoms with Crippen molar-refractivity contribution in [1.82, 2.24) is 9.88 Å². The zero-order chi connectivity index (χ0) is 18.5. The van der Waals surface area contributed by atoms with Crippen LogP contribution < -0.4 is 18.9 Å². The van der Waals surface area contributed by atoms with Crippen LogP contribution in [-0.4, -0.2) is 56.3 Å². The molecule has 1 aromatic heterocycles. The summed E-state index contributed by atoms with van der Waals surface area (Å²) in [6.45, 7) is 1.12. The van der Waals surface area contributed by atoms with Crippen LogP contribution in [0.25, 0.3) is 0 Å². The summed E-state index contributed by atoms with van der Waals surface area (Å²) in [5, 5.41) is 0. The quantitative estimate of drug-likeness (QED) is 0.790. The molecule has 1 amide bonds. The maximum absolute atomic E-state index is 12.9. The van der Waals surface area contributed by atoms with Gasteiger partial charge in [0.05, 0.1) is 27.9 Å². The maximum atomic E-state index is 12.9. The molecule has 3 rings (SSSR count). The molecule has 0 N–H and O–H groups in total. The predicted molar refractivity (Wildman–Crippen MR) is 95.3 cm³/mol. The molecule has 0 bridgehead atoms. The zero-order valence-corrected chi connectivity index (χ0v) is 15.1. The molecule has 0 spiro atoms. The van der Waals surface area contributed by atoms with Crippen LogP contribution in [0.4, 0.5) is 0 Å². The zero-order valence-electron chi connectivity index (χ0n) is 15.1. The monoisotopic (exact) mass is 358 g/mol. The summed E-state index contributed by atoms with van der Waals surface area (Å²) in [6.07, 6.45) is 2.37. The number of benzene rings is 1. The molecule has 1 saturated heterocycles. The van der Waals surface area contributed by atoms with E-state index >= 15 is 0 Å². The molecule has 2 aromatic rings. The normalized spacial score (nSPS) is 16.3. The molecule has 138 valence electrons. The van der Waals surface area contributed by atoms with Crippen molar-refractivity contribution in [2.75, 3.05) is 34.4 Å². The number of amides is 1. The number of rotatable bonds is 6. The summed E-state index contributed by atoms with van der Waals surface area (Å²) >= 11 is 0. The third-order valence-electron chi connectivity index (χ3n) is 4.27. The summed E-state index contributed by atoms with van der Waals surface area (Å²) in [5.74, 6) is 1.84. The van der Waals surface area contributed by atoms with Gasteiger partial charge in [0, 0.05) is 30.8 Å².